The predicted molar refractivity (Wildman–Crippen MR) is 136 cm³/mol. The zero-order chi connectivity index (χ0) is 24.5. The number of hydrogen-bond donors (Lipinski definition) is 2. The molecule has 1 atom stereocenters. The van der Waals surface area contributed by atoms with Gasteiger partial charge in [-0.15, -0.1) is 0 Å². The van der Waals surface area contributed by atoms with Crippen LogP contribution in [0.25, 0.3) is 22.2 Å². The number of carbonyl (C=O) groups is 1. The fourth-order valence-corrected chi connectivity index (χ4v) is 5.05. The number of ether oxygens (including phenoxy) is 1. The van der Waals surface area contributed by atoms with E-state index in [9.17, 15) is 9.90 Å². The van der Waals surface area contributed by atoms with Crippen molar-refractivity contribution in [1.29, 1.82) is 0 Å². The van der Waals surface area contributed by atoms with Crippen LogP contribution in [-0.4, -0.2) is 50.3 Å². The Hall–Kier alpha value is -3.13. The van der Waals surface area contributed by atoms with Crippen LogP contribution in [0.3, 0.4) is 0 Å². The normalized spacial score (nSPS) is 15.4. The molecule has 3 heterocycles. The van der Waals surface area contributed by atoms with E-state index in [4.69, 9.17) is 27.9 Å². The molecule has 0 saturated carbocycles. The highest BCUT2D eigenvalue weighted by molar-refractivity contribution is 6.35. The van der Waals surface area contributed by atoms with Gasteiger partial charge < -0.3 is 14.7 Å². The highest BCUT2D eigenvalue weighted by atomic mass is 35.5. The number of hydrogen-bond acceptors (Lipinski definition) is 5. The molecular formula is C26H24Cl2N4O3. The molecule has 2 aromatic carbocycles. The molecule has 0 bridgehead atoms. The first-order chi connectivity index (χ1) is 16.9. The van der Waals surface area contributed by atoms with E-state index in [1.54, 1.807) is 17.3 Å². The molecule has 0 spiro atoms. The maximum atomic E-state index is 12.8. The van der Waals surface area contributed by atoms with Gasteiger partial charge in [0, 0.05) is 47.6 Å². The smallest absolute Gasteiger partial charge is 0.253 e. The number of benzene rings is 2. The molecule has 1 saturated heterocycles. The fourth-order valence-electron chi connectivity index (χ4n) is 4.38. The quantitative estimate of drug-likeness (QED) is 0.361. The lowest BCUT2D eigenvalue weighted by molar-refractivity contribution is 0.0546. The van der Waals surface area contributed by atoms with E-state index in [0.717, 1.165) is 22.2 Å². The van der Waals surface area contributed by atoms with Crippen molar-refractivity contribution in [2.24, 2.45) is 0 Å². The van der Waals surface area contributed by atoms with E-state index >= 15 is 0 Å². The fraction of sp³-hybridized carbons (Fsp3) is 0.269. The molecule has 1 aliphatic heterocycles. The summed E-state index contributed by atoms with van der Waals surface area (Å²) in [4.78, 5) is 18.6. The molecule has 1 amide bonds. The van der Waals surface area contributed by atoms with Gasteiger partial charge in [-0.1, -0.05) is 35.3 Å². The van der Waals surface area contributed by atoms with Crippen molar-refractivity contribution >= 4 is 40.0 Å². The summed E-state index contributed by atoms with van der Waals surface area (Å²) in [5, 5.41) is 19.0. The van der Waals surface area contributed by atoms with Crippen molar-refractivity contribution in [3.05, 3.63) is 76.0 Å². The maximum Gasteiger partial charge on any atom is 0.253 e. The molecule has 0 aliphatic carbocycles. The third kappa shape index (κ3) is 4.85. The van der Waals surface area contributed by atoms with E-state index in [2.05, 4.69) is 15.2 Å². The second-order valence-corrected chi connectivity index (χ2v) is 9.47. The van der Waals surface area contributed by atoms with Crippen molar-refractivity contribution in [3.63, 3.8) is 0 Å². The average molecular weight is 511 g/mol. The Morgan fingerprint density at radius 2 is 1.80 bits per heavy atom. The molecule has 9 heteroatoms. The van der Waals surface area contributed by atoms with Crippen LogP contribution in [0.1, 0.15) is 41.8 Å². The summed E-state index contributed by atoms with van der Waals surface area (Å²) in [6.07, 6.45) is 3.63. The summed E-state index contributed by atoms with van der Waals surface area (Å²) in [5.41, 5.74) is 3.81. The summed E-state index contributed by atoms with van der Waals surface area (Å²) >= 11 is 12.6. The van der Waals surface area contributed by atoms with Crippen molar-refractivity contribution < 1.29 is 14.6 Å². The Morgan fingerprint density at radius 1 is 1.11 bits per heavy atom. The predicted octanol–water partition coefficient (Wildman–Crippen LogP) is 5.67. The Morgan fingerprint density at radius 3 is 2.49 bits per heavy atom. The first-order valence-corrected chi connectivity index (χ1v) is 12.2. The third-order valence-corrected chi connectivity index (χ3v) is 6.90. The van der Waals surface area contributed by atoms with Crippen LogP contribution < -0.4 is 4.74 Å². The van der Waals surface area contributed by atoms with Crippen molar-refractivity contribution in [2.45, 2.75) is 32.0 Å². The van der Waals surface area contributed by atoms with E-state index in [1.807, 2.05) is 49.4 Å². The summed E-state index contributed by atoms with van der Waals surface area (Å²) in [6.45, 7) is 3.03. The Labute approximate surface area is 212 Å². The van der Waals surface area contributed by atoms with Gasteiger partial charge >= 0.3 is 0 Å². The number of aromatic amines is 1. The van der Waals surface area contributed by atoms with Gasteiger partial charge in [0.05, 0.1) is 21.7 Å². The first-order valence-electron chi connectivity index (χ1n) is 11.4. The molecule has 4 aromatic rings. The van der Waals surface area contributed by atoms with Gasteiger partial charge in [0.15, 0.2) is 0 Å². The number of piperidine rings is 1. The van der Waals surface area contributed by atoms with Crippen LogP contribution in [0, 0.1) is 0 Å². The molecule has 1 aliphatic rings. The summed E-state index contributed by atoms with van der Waals surface area (Å²) in [7, 11) is 0. The third-order valence-electron chi connectivity index (χ3n) is 6.30. The maximum absolute atomic E-state index is 12.8. The molecule has 7 nitrogen and oxygen atoms in total. The number of aliphatic hydroxyl groups excluding tert-OH is 1. The molecule has 0 radical (unpaired) electrons. The van der Waals surface area contributed by atoms with E-state index < -0.39 is 0 Å². The van der Waals surface area contributed by atoms with Crippen LogP contribution in [0.15, 0.2) is 54.9 Å². The molecule has 180 valence electrons. The average Bonchev–Trinajstić information content (AvgIpc) is 3.27. The van der Waals surface area contributed by atoms with Gasteiger partial charge in [-0.2, -0.15) is 5.10 Å². The van der Waals surface area contributed by atoms with Gasteiger partial charge in [0.1, 0.15) is 17.5 Å². The number of H-pyrrole nitrogens is 1. The second kappa shape index (κ2) is 9.85. The van der Waals surface area contributed by atoms with Gasteiger partial charge in [-0.3, -0.25) is 14.9 Å². The van der Waals surface area contributed by atoms with Crippen molar-refractivity contribution in [3.8, 4) is 17.0 Å². The van der Waals surface area contributed by atoms with Crippen molar-refractivity contribution in [1.82, 2.24) is 20.1 Å². The number of nitrogens with zero attached hydrogens (tertiary/aromatic N) is 3. The largest absolute Gasteiger partial charge is 0.486 e. The Balaban J connectivity index is 1.37. The second-order valence-electron chi connectivity index (χ2n) is 8.66. The molecular weight excluding hydrogens is 487 g/mol. The number of halogens is 2. The topological polar surface area (TPSA) is 91.3 Å². The van der Waals surface area contributed by atoms with Crippen LogP contribution in [0.2, 0.25) is 10.0 Å². The van der Waals surface area contributed by atoms with E-state index in [1.165, 1.54) is 0 Å². The van der Waals surface area contributed by atoms with Crippen LogP contribution >= 0.6 is 23.2 Å². The number of fused-ring (bicyclic) bond motifs is 1. The zero-order valence-electron chi connectivity index (χ0n) is 19.0. The zero-order valence-corrected chi connectivity index (χ0v) is 20.6. The number of carbonyl (C=O) groups excluding carboxylic acids is 1. The van der Waals surface area contributed by atoms with E-state index in [0.29, 0.717) is 52.9 Å². The minimum Gasteiger partial charge on any atom is -0.486 e. The number of amides is 1. The Kier molecular flexibility index (Phi) is 6.65. The standard InChI is InChI=1S/C26H24Cl2N4O3/c1-15(24-21(27)13-29-14-22(24)28)35-19-6-7-23-20(12-19)25(31-30-23)16-2-4-17(5-3-16)26(34)32-10-8-18(33)9-11-32/h2-7,12-15,18,33H,8-11H2,1H3,(H,30,31). The number of nitrogens with one attached hydrogen (secondary N) is 1. The monoisotopic (exact) mass is 510 g/mol. The minimum atomic E-state index is -0.382. The molecule has 1 fully saturated rings. The SMILES string of the molecule is CC(Oc1ccc2[nH]nc(-c3ccc(C(=O)N4CCC(O)CC4)cc3)c2c1)c1c(Cl)cncc1Cl. The number of aliphatic hydroxyl groups is 1. The number of rotatable bonds is 5. The molecule has 2 N–H and O–H groups in total. The van der Waals surface area contributed by atoms with Crippen LogP contribution in [0.4, 0.5) is 0 Å². The molecule has 2 aromatic heterocycles. The highest BCUT2D eigenvalue weighted by Gasteiger charge is 2.22. The molecule has 1 unspecified atom stereocenters. The Bertz CT molecular complexity index is 1340. The van der Waals surface area contributed by atoms with Crippen molar-refractivity contribution in [2.75, 3.05) is 13.1 Å². The molecule has 35 heavy (non-hydrogen) atoms. The number of likely N-dealkylation sites (tertiary alicyclic amines) is 1. The van der Waals surface area contributed by atoms with Gasteiger partial charge in [-0.25, -0.2) is 0 Å². The minimum absolute atomic E-state index is 0.0200. The summed E-state index contributed by atoms with van der Waals surface area (Å²) in [5.74, 6) is 0.629. The highest BCUT2D eigenvalue weighted by Crippen LogP contribution is 2.35. The number of pyridine rings is 1. The van der Waals surface area contributed by atoms with Crippen LogP contribution in [-0.2, 0) is 0 Å². The molecule has 5 rings (SSSR count). The van der Waals surface area contributed by atoms with E-state index in [-0.39, 0.29) is 18.1 Å². The summed E-state index contributed by atoms with van der Waals surface area (Å²) < 4.78 is 6.15. The van der Waals surface area contributed by atoms with Gasteiger partial charge in [0.25, 0.3) is 5.91 Å². The van der Waals surface area contributed by atoms with Crippen LogP contribution in [0.5, 0.6) is 5.75 Å². The number of aromatic nitrogens is 3. The lowest BCUT2D eigenvalue weighted by atomic mass is 10.0. The lowest BCUT2D eigenvalue weighted by Gasteiger charge is -2.29. The van der Waals surface area contributed by atoms with Gasteiger partial charge in [0.2, 0.25) is 0 Å². The summed E-state index contributed by atoms with van der Waals surface area (Å²) in [6, 6.07) is 13.1. The first kappa shape index (κ1) is 23.6. The lowest BCUT2D eigenvalue weighted by Crippen LogP contribution is -2.40. The van der Waals surface area contributed by atoms with Gasteiger partial charge in [-0.05, 0) is 50.1 Å².